The summed E-state index contributed by atoms with van der Waals surface area (Å²) < 4.78 is 2.16. The van der Waals surface area contributed by atoms with E-state index in [2.05, 4.69) is 45.1 Å². The first-order chi connectivity index (χ1) is 11.3. The number of fused-ring (bicyclic) bond motifs is 1. The lowest BCUT2D eigenvalue weighted by Gasteiger charge is -2.25. The summed E-state index contributed by atoms with van der Waals surface area (Å²) in [6, 6.07) is 10.6. The first-order valence-corrected chi connectivity index (χ1v) is 8.92. The minimum atomic E-state index is -0.0417. The van der Waals surface area contributed by atoms with E-state index >= 15 is 0 Å². The Morgan fingerprint density at radius 3 is 2.52 bits per heavy atom. The Bertz CT molecular complexity index is 553. The second kappa shape index (κ2) is 8.25. The molecule has 4 heteroatoms. The molecule has 0 radical (unpaired) electrons. The fraction of sp³-hybridized carbons (Fsp3) is 0.579. The van der Waals surface area contributed by atoms with Gasteiger partial charge in [-0.1, -0.05) is 36.8 Å². The first-order valence-electron chi connectivity index (χ1n) is 8.92. The van der Waals surface area contributed by atoms with E-state index in [4.69, 9.17) is 0 Å². The highest BCUT2D eigenvalue weighted by Crippen LogP contribution is 2.32. The van der Waals surface area contributed by atoms with Crippen LogP contribution < -0.4 is 0 Å². The summed E-state index contributed by atoms with van der Waals surface area (Å²) in [6.45, 7) is 1.11. The van der Waals surface area contributed by atoms with Crippen molar-refractivity contribution in [2.24, 2.45) is 0 Å². The van der Waals surface area contributed by atoms with Crippen molar-refractivity contribution in [1.29, 1.82) is 0 Å². The van der Waals surface area contributed by atoms with Gasteiger partial charge in [-0.2, -0.15) is 0 Å². The van der Waals surface area contributed by atoms with E-state index in [1.807, 2.05) is 6.33 Å². The van der Waals surface area contributed by atoms with Gasteiger partial charge in [0.05, 0.1) is 6.10 Å². The topological polar surface area (TPSA) is 50.9 Å². The number of aliphatic hydroxyl groups excluding tert-OH is 1. The van der Waals surface area contributed by atoms with Crippen LogP contribution in [-0.4, -0.2) is 26.0 Å². The van der Waals surface area contributed by atoms with Crippen LogP contribution in [0.25, 0.3) is 0 Å². The molecule has 1 N–H and O–H groups in total. The smallest absolute Gasteiger partial charge is 0.132 e. The fourth-order valence-corrected chi connectivity index (χ4v) is 3.54. The number of benzene rings is 1. The van der Waals surface area contributed by atoms with Gasteiger partial charge in [-0.3, -0.25) is 0 Å². The van der Waals surface area contributed by atoms with Gasteiger partial charge >= 0.3 is 0 Å². The van der Waals surface area contributed by atoms with Crippen LogP contribution in [0.1, 0.15) is 62.3 Å². The standard InChI is InChI=1S/C12H16O.C7H11N3/c13-12-8-6-11(7-9-12)10-4-2-1-3-5-10;1-2-4-7-9-8-6-10(7)5-3-1/h1-5,11-13H,6-9H2;6H,1-5H2. The van der Waals surface area contributed by atoms with Gasteiger partial charge in [0.15, 0.2) is 0 Å². The van der Waals surface area contributed by atoms with E-state index in [1.54, 1.807) is 0 Å². The van der Waals surface area contributed by atoms with Crippen LogP contribution in [0, 0.1) is 0 Å². The zero-order valence-corrected chi connectivity index (χ0v) is 13.8. The molecule has 1 saturated carbocycles. The number of hydrogen-bond acceptors (Lipinski definition) is 3. The number of nitrogens with zero attached hydrogens (tertiary/aromatic N) is 3. The van der Waals surface area contributed by atoms with Gasteiger partial charge in [0.1, 0.15) is 12.2 Å². The van der Waals surface area contributed by atoms with Crippen molar-refractivity contribution in [1.82, 2.24) is 14.8 Å². The number of aromatic nitrogens is 3. The van der Waals surface area contributed by atoms with E-state index in [-0.39, 0.29) is 6.10 Å². The Kier molecular flexibility index (Phi) is 5.81. The molecule has 2 aromatic rings. The molecule has 1 fully saturated rings. The van der Waals surface area contributed by atoms with Gasteiger partial charge in [0, 0.05) is 13.0 Å². The predicted molar refractivity (Wildman–Crippen MR) is 91.2 cm³/mol. The van der Waals surface area contributed by atoms with E-state index in [1.165, 1.54) is 24.8 Å². The summed E-state index contributed by atoms with van der Waals surface area (Å²) in [6.07, 6.45) is 11.0. The van der Waals surface area contributed by atoms with Gasteiger partial charge in [-0.05, 0) is 50.0 Å². The van der Waals surface area contributed by atoms with Crippen LogP contribution in [0.2, 0.25) is 0 Å². The van der Waals surface area contributed by atoms with Crippen molar-refractivity contribution in [3.8, 4) is 0 Å². The van der Waals surface area contributed by atoms with Crippen LogP contribution in [0.3, 0.4) is 0 Å². The molecule has 1 aliphatic carbocycles. The Balaban J connectivity index is 0.000000140. The summed E-state index contributed by atoms with van der Waals surface area (Å²) >= 11 is 0. The summed E-state index contributed by atoms with van der Waals surface area (Å²) in [5, 5.41) is 17.3. The Labute approximate surface area is 138 Å². The van der Waals surface area contributed by atoms with Crippen molar-refractivity contribution in [3.63, 3.8) is 0 Å². The Morgan fingerprint density at radius 1 is 0.957 bits per heavy atom. The monoisotopic (exact) mass is 313 g/mol. The van der Waals surface area contributed by atoms with Gasteiger partial charge in [0.2, 0.25) is 0 Å². The molecule has 0 bridgehead atoms. The van der Waals surface area contributed by atoms with Gasteiger partial charge in [-0.15, -0.1) is 10.2 Å². The quantitative estimate of drug-likeness (QED) is 0.873. The van der Waals surface area contributed by atoms with Crippen LogP contribution in [0.5, 0.6) is 0 Å². The lowest BCUT2D eigenvalue weighted by atomic mass is 9.83. The molecular formula is C19H27N3O. The normalized spacial score (nSPS) is 24.0. The molecule has 4 nitrogen and oxygen atoms in total. The van der Waals surface area contributed by atoms with Gasteiger partial charge in [0.25, 0.3) is 0 Å². The zero-order chi connectivity index (χ0) is 15.9. The molecule has 4 rings (SSSR count). The molecule has 2 aliphatic rings. The lowest BCUT2D eigenvalue weighted by Crippen LogP contribution is -2.16. The summed E-state index contributed by atoms with van der Waals surface area (Å²) in [5.74, 6) is 1.85. The zero-order valence-electron chi connectivity index (χ0n) is 13.8. The third kappa shape index (κ3) is 4.64. The fourth-order valence-electron chi connectivity index (χ4n) is 3.54. The van der Waals surface area contributed by atoms with Crippen LogP contribution >= 0.6 is 0 Å². The van der Waals surface area contributed by atoms with E-state index in [0.717, 1.165) is 44.5 Å². The number of aliphatic hydroxyl groups is 1. The second-order valence-electron chi connectivity index (χ2n) is 6.67. The summed E-state index contributed by atoms with van der Waals surface area (Å²) in [4.78, 5) is 0. The maximum Gasteiger partial charge on any atom is 0.132 e. The van der Waals surface area contributed by atoms with Crippen molar-refractivity contribution < 1.29 is 5.11 Å². The van der Waals surface area contributed by atoms with Crippen molar-refractivity contribution >= 4 is 0 Å². The minimum Gasteiger partial charge on any atom is -0.393 e. The van der Waals surface area contributed by atoms with Gasteiger partial charge < -0.3 is 9.67 Å². The number of aryl methyl sites for hydroxylation is 2. The molecule has 0 saturated heterocycles. The highest BCUT2D eigenvalue weighted by atomic mass is 16.3. The molecule has 0 atom stereocenters. The Hall–Kier alpha value is -1.68. The van der Waals surface area contributed by atoms with Crippen molar-refractivity contribution in [2.45, 2.75) is 69.9 Å². The molecule has 23 heavy (non-hydrogen) atoms. The van der Waals surface area contributed by atoms with E-state index in [0.29, 0.717) is 5.92 Å². The SMILES string of the molecule is OC1CCC(c2ccccc2)CC1.c1nnc2n1CCCCC2. The molecule has 124 valence electrons. The molecule has 1 aliphatic heterocycles. The van der Waals surface area contributed by atoms with Crippen molar-refractivity contribution in [2.75, 3.05) is 0 Å². The van der Waals surface area contributed by atoms with Gasteiger partial charge in [-0.25, -0.2) is 0 Å². The summed E-state index contributed by atoms with van der Waals surface area (Å²) in [5.41, 5.74) is 1.44. The highest BCUT2D eigenvalue weighted by molar-refractivity contribution is 5.19. The predicted octanol–water partition coefficient (Wildman–Crippen LogP) is 3.71. The van der Waals surface area contributed by atoms with E-state index in [9.17, 15) is 5.11 Å². The van der Waals surface area contributed by atoms with Crippen LogP contribution in [0.15, 0.2) is 36.7 Å². The van der Waals surface area contributed by atoms with Crippen molar-refractivity contribution in [3.05, 3.63) is 48.0 Å². The largest absolute Gasteiger partial charge is 0.393 e. The maximum absolute atomic E-state index is 9.37. The Morgan fingerprint density at radius 2 is 1.74 bits per heavy atom. The molecular weight excluding hydrogens is 286 g/mol. The third-order valence-corrected chi connectivity index (χ3v) is 4.96. The van der Waals surface area contributed by atoms with E-state index < -0.39 is 0 Å². The lowest BCUT2D eigenvalue weighted by molar-refractivity contribution is 0.122. The first kappa shape index (κ1) is 16.2. The number of rotatable bonds is 1. The molecule has 0 amide bonds. The summed E-state index contributed by atoms with van der Waals surface area (Å²) in [7, 11) is 0. The molecule has 1 aromatic carbocycles. The minimum absolute atomic E-state index is 0.0417. The molecule has 1 aromatic heterocycles. The molecule has 0 spiro atoms. The maximum atomic E-state index is 9.37. The van der Waals surface area contributed by atoms with Crippen LogP contribution in [0.4, 0.5) is 0 Å². The highest BCUT2D eigenvalue weighted by Gasteiger charge is 2.20. The average Bonchev–Trinajstić information content (AvgIpc) is 2.93. The third-order valence-electron chi connectivity index (χ3n) is 4.96. The average molecular weight is 313 g/mol. The number of hydrogen-bond donors (Lipinski definition) is 1. The molecule has 2 heterocycles. The molecule has 0 unspecified atom stereocenters. The second-order valence-corrected chi connectivity index (χ2v) is 6.67. The van der Waals surface area contributed by atoms with Crippen LogP contribution in [-0.2, 0) is 13.0 Å².